The molecule has 1 fully saturated rings. The maximum Gasteiger partial charge on any atom is 0.315 e. The Morgan fingerprint density at radius 3 is 3.00 bits per heavy atom. The average molecular weight is 345 g/mol. The highest BCUT2D eigenvalue weighted by Gasteiger charge is 2.24. The molecule has 0 aromatic carbocycles. The van der Waals surface area contributed by atoms with Crippen molar-refractivity contribution in [2.45, 2.75) is 39.4 Å². The number of nitrogens with zero attached hydrogens (tertiary/aromatic N) is 5. The molecule has 2 amide bonds. The number of carbonyl (C=O) groups is 1. The summed E-state index contributed by atoms with van der Waals surface area (Å²) in [6.45, 7) is 7.40. The van der Waals surface area contributed by atoms with Gasteiger partial charge in [0.15, 0.2) is 0 Å². The Morgan fingerprint density at radius 2 is 2.28 bits per heavy atom. The van der Waals surface area contributed by atoms with Crippen LogP contribution in [0.2, 0.25) is 0 Å². The van der Waals surface area contributed by atoms with Gasteiger partial charge < -0.3 is 20.1 Å². The summed E-state index contributed by atoms with van der Waals surface area (Å²) in [7, 11) is 1.91. The SMILES string of the molecule is CC(C)Cn1ccnc1CNC(=O)NC1CCN(c2cnn(C)c2)C1. The lowest BCUT2D eigenvalue weighted by atomic mass is 10.2. The molecule has 1 atom stereocenters. The molecule has 3 rings (SSSR count). The molecule has 0 bridgehead atoms. The van der Waals surface area contributed by atoms with E-state index < -0.39 is 0 Å². The summed E-state index contributed by atoms with van der Waals surface area (Å²) in [5.41, 5.74) is 1.10. The molecule has 0 saturated carbocycles. The molecule has 1 aliphatic heterocycles. The summed E-state index contributed by atoms with van der Waals surface area (Å²) >= 11 is 0. The standard InChI is InChI=1S/C17H27N7O/c1-13(2)10-24-7-5-18-16(24)9-19-17(25)21-14-4-6-23(11-14)15-8-20-22(3)12-15/h5,7-8,12-14H,4,6,9-11H2,1-3H3,(H2,19,21,25). The van der Waals surface area contributed by atoms with E-state index in [1.54, 1.807) is 10.9 Å². The second-order valence-corrected chi connectivity index (χ2v) is 7.02. The van der Waals surface area contributed by atoms with E-state index in [2.05, 4.69) is 44.0 Å². The van der Waals surface area contributed by atoms with Crippen LogP contribution in [0, 0.1) is 5.92 Å². The third kappa shape index (κ3) is 4.52. The van der Waals surface area contributed by atoms with Gasteiger partial charge in [-0.25, -0.2) is 9.78 Å². The molecular formula is C17H27N7O. The fourth-order valence-electron chi connectivity index (χ4n) is 3.15. The van der Waals surface area contributed by atoms with Gasteiger partial charge in [-0.05, 0) is 12.3 Å². The number of carbonyl (C=O) groups excluding carboxylic acids is 1. The van der Waals surface area contributed by atoms with Crippen LogP contribution in [0.15, 0.2) is 24.8 Å². The molecule has 2 aromatic rings. The smallest absolute Gasteiger partial charge is 0.315 e. The van der Waals surface area contributed by atoms with E-state index in [0.29, 0.717) is 12.5 Å². The van der Waals surface area contributed by atoms with Crippen molar-refractivity contribution in [3.05, 3.63) is 30.6 Å². The van der Waals surface area contributed by atoms with Gasteiger partial charge in [-0.3, -0.25) is 4.68 Å². The topological polar surface area (TPSA) is 80.0 Å². The predicted octanol–water partition coefficient (Wildman–Crippen LogP) is 1.35. The van der Waals surface area contributed by atoms with Gasteiger partial charge in [0, 0.05) is 51.3 Å². The van der Waals surface area contributed by atoms with Gasteiger partial charge in [-0.2, -0.15) is 5.10 Å². The average Bonchev–Trinajstić information content (AvgIpc) is 3.26. The summed E-state index contributed by atoms with van der Waals surface area (Å²) in [6, 6.07) is 0.00717. The summed E-state index contributed by atoms with van der Waals surface area (Å²) in [4.78, 5) is 18.8. The first-order valence-electron chi connectivity index (χ1n) is 8.79. The van der Waals surface area contributed by atoms with E-state index in [1.807, 2.05) is 25.6 Å². The maximum atomic E-state index is 12.2. The van der Waals surface area contributed by atoms with Crippen molar-refractivity contribution in [2.75, 3.05) is 18.0 Å². The van der Waals surface area contributed by atoms with Gasteiger partial charge >= 0.3 is 6.03 Å². The molecule has 3 heterocycles. The third-order valence-electron chi connectivity index (χ3n) is 4.35. The zero-order valence-corrected chi connectivity index (χ0v) is 15.1. The number of rotatable bonds is 6. The zero-order valence-electron chi connectivity index (χ0n) is 15.1. The molecule has 1 saturated heterocycles. The molecule has 25 heavy (non-hydrogen) atoms. The Kier molecular flexibility index (Phi) is 5.25. The minimum Gasteiger partial charge on any atom is -0.367 e. The minimum absolute atomic E-state index is 0.142. The lowest BCUT2D eigenvalue weighted by molar-refractivity contribution is 0.237. The van der Waals surface area contributed by atoms with E-state index in [0.717, 1.165) is 37.6 Å². The quantitative estimate of drug-likeness (QED) is 0.828. The molecule has 0 aliphatic carbocycles. The third-order valence-corrected chi connectivity index (χ3v) is 4.35. The van der Waals surface area contributed by atoms with E-state index in [9.17, 15) is 4.79 Å². The van der Waals surface area contributed by atoms with Crippen molar-refractivity contribution in [1.29, 1.82) is 0 Å². The van der Waals surface area contributed by atoms with Crippen LogP contribution in [0.25, 0.3) is 0 Å². The van der Waals surface area contributed by atoms with Crippen LogP contribution in [0.4, 0.5) is 10.5 Å². The first-order chi connectivity index (χ1) is 12.0. The number of amides is 2. The number of hydrogen-bond donors (Lipinski definition) is 2. The largest absolute Gasteiger partial charge is 0.367 e. The number of anilines is 1. The first kappa shape index (κ1) is 17.3. The van der Waals surface area contributed by atoms with Crippen molar-refractivity contribution < 1.29 is 4.79 Å². The molecule has 8 heteroatoms. The van der Waals surface area contributed by atoms with E-state index >= 15 is 0 Å². The second kappa shape index (κ2) is 7.58. The fraction of sp³-hybridized carbons (Fsp3) is 0.588. The van der Waals surface area contributed by atoms with E-state index in [-0.39, 0.29) is 12.1 Å². The normalized spacial score (nSPS) is 17.3. The van der Waals surface area contributed by atoms with Crippen LogP contribution in [0.3, 0.4) is 0 Å². The Morgan fingerprint density at radius 1 is 1.44 bits per heavy atom. The van der Waals surface area contributed by atoms with E-state index in [4.69, 9.17) is 0 Å². The summed E-state index contributed by atoms with van der Waals surface area (Å²) < 4.78 is 3.88. The molecule has 2 N–H and O–H groups in total. The van der Waals surface area contributed by atoms with Crippen molar-refractivity contribution in [1.82, 2.24) is 30.0 Å². The van der Waals surface area contributed by atoms with Gasteiger partial charge in [-0.15, -0.1) is 0 Å². The van der Waals surface area contributed by atoms with Gasteiger partial charge in [-0.1, -0.05) is 13.8 Å². The van der Waals surface area contributed by atoms with Gasteiger partial charge in [0.25, 0.3) is 0 Å². The summed E-state index contributed by atoms with van der Waals surface area (Å²) in [5.74, 6) is 1.42. The number of hydrogen-bond acceptors (Lipinski definition) is 4. The zero-order chi connectivity index (χ0) is 17.8. The molecule has 1 aliphatic rings. The number of imidazole rings is 1. The van der Waals surface area contributed by atoms with Gasteiger partial charge in [0.1, 0.15) is 5.82 Å². The Bertz CT molecular complexity index is 705. The van der Waals surface area contributed by atoms with Crippen LogP contribution in [0.5, 0.6) is 0 Å². The fourth-order valence-corrected chi connectivity index (χ4v) is 3.15. The van der Waals surface area contributed by atoms with Crippen molar-refractivity contribution >= 4 is 11.7 Å². The minimum atomic E-state index is -0.142. The van der Waals surface area contributed by atoms with Crippen LogP contribution >= 0.6 is 0 Å². The highest BCUT2D eigenvalue weighted by molar-refractivity contribution is 5.74. The molecule has 8 nitrogen and oxygen atoms in total. The van der Waals surface area contributed by atoms with Gasteiger partial charge in [0.05, 0.1) is 18.4 Å². The monoisotopic (exact) mass is 345 g/mol. The highest BCUT2D eigenvalue weighted by atomic mass is 16.2. The van der Waals surface area contributed by atoms with Crippen LogP contribution in [-0.2, 0) is 20.1 Å². The summed E-state index contributed by atoms with van der Waals surface area (Å²) in [5, 5.41) is 10.2. The Labute approximate surface area is 148 Å². The van der Waals surface area contributed by atoms with Crippen molar-refractivity contribution in [2.24, 2.45) is 13.0 Å². The highest BCUT2D eigenvalue weighted by Crippen LogP contribution is 2.19. The molecule has 0 radical (unpaired) electrons. The Balaban J connectivity index is 1.45. The lowest BCUT2D eigenvalue weighted by Gasteiger charge is -2.17. The van der Waals surface area contributed by atoms with Crippen LogP contribution < -0.4 is 15.5 Å². The molecule has 0 spiro atoms. The molecule has 136 valence electrons. The number of aromatic nitrogens is 4. The molecule has 2 aromatic heterocycles. The lowest BCUT2D eigenvalue weighted by Crippen LogP contribution is -2.43. The van der Waals surface area contributed by atoms with Crippen LogP contribution in [0.1, 0.15) is 26.1 Å². The molecular weight excluding hydrogens is 318 g/mol. The summed E-state index contributed by atoms with van der Waals surface area (Å²) in [6.07, 6.45) is 8.52. The number of urea groups is 1. The van der Waals surface area contributed by atoms with Crippen molar-refractivity contribution in [3.8, 4) is 0 Å². The molecule has 1 unspecified atom stereocenters. The van der Waals surface area contributed by atoms with Gasteiger partial charge in [0.2, 0.25) is 0 Å². The van der Waals surface area contributed by atoms with Crippen LogP contribution in [-0.4, -0.2) is 44.5 Å². The maximum absolute atomic E-state index is 12.2. The van der Waals surface area contributed by atoms with Crippen molar-refractivity contribution in [3.63, 3.8) is 0 Å². The number of nitrogens with one attached hydrogen (secondary N) is 2. The second-order valence-electron chi connectivity index (χ2n) is 7.02. The Hall–Kier alpha value is -2.51. The van der Waals surface area contributed by atoms with E-state index in [1.165, 1.54) is 0 Å². The first-order valence-corrected chi connectivity index (χ1v) is 8.79. The number of aryl methyl sites for hydroxylation is 1. The predicted molar refractivity (Wildman–Crippen MR) is 96.3 cm³/mol.